The van der Waals surface area contributed by atoms with E-state index in [9.17, 15) is 4.79 Å². The molecule has 0 aromatic carbocycles. The van der Waals surface area contributed by atoms with Gasteiger partial charge in [-0.2, -0.15) is 5.10 Å². The Morgan fingerprint density at radius 1 is 1.50 bits per heavy atom. The van der Waals surface area contributed by atoms with E-state index in [4.69, 9.17) is 5.73 Å². The number of amides is 1. The van der Waals surface area contributed by atoms with Crippen molar-refractivity contribution in [2.45, 2.75) is 52.6 Å². The molecule has 0 bridgehead atoms. The lowest BCUT2D eigenvalue weighted by molar-refractivity contribution is 0.0934. The van der Waals surface area contributed by atoms with Crippen molar-refractivity contribution in [3.05, 3.63) is 17.5 Å². The molecule has 5 nitrogen and oxygen atoms in total. The van der Waals surface area contributed by atoms with Crippen LogP contribution in [-0.4, -0.2) is 28.3 Å². The smallest absolute Gasteiger partial charge is 0.254 e. The molecule has 1 rings (SSSR count). The van der Waals surface area contributed by atoms with Crippen LogP contribution in [0, 0.1) is 6.92 Å². The fourth-order valence-electron chi connectivity index (χ4n) is 1.89. The van der Waals surface area contributed by atoms with Crippen LogP contribution < -0.4 is 11.1 Å². The van der Waals surface area contributed by atoms with E-state index in [2.05, 4.69) is 24.3 Å². The summed E-state index contributed by atoms with van der Waals surface area (Å²) in [5.41, 5.74) is 7.05. The van der Waals surface area contributed by atoms with Crippen molar-refractivity contribution in [3.8, 4) is 0 Å². The quantitative estimate of drug-likeness (QED) is 0.771. The van der Waals surface area contributed by atoms with E-state index >= 15 is 0 Å². The van der Waals surface area contributed by atoms with Crippen LogP contribution in [0.3, 0.4) is 0 Å². The summed E-state index contributed by atoms with van der Waals surface area (Å²) in [7, 11) is 0. The first-order chi connectivity index (χ1) is 8.63. The second kappa shape index (κ2) is 7.16. The second-order valence-electron chi connectivity index (χ2n) is 4.50. The highest BCUT2D eigenvalue weighted by molar-refractivity contribution is 5.95. The average molecular weight is 252 g/mol. The summed E-state index contributed by atoms with van der Waals surface area (Å²) in [6, 6.07) is 0.240. The summed E-state index contributed by atoms with van der Waals surface area (Å²) < 4.78 is 1.84. The average Bonchev–Trinajstić information content (AvgIpc) is 2.74. The van der Waals surface area contributed by atoms with E-state index in [0.717, 1.165) is 31.5 Å². The summed E-state index contributed by atoms with van der Waals surface area (Å²) in [6.07, 6.45) is 4.41. The van der Waals surface area contributed by atoms with Gasteiger partial charge in [0.15, 0.2) is 0 Å². The number of nitrogens with zero attached hydrogens (tertiary/aromatic N) is 2. The van der Waals surface area contributed by atoms with Gasteiger partial charge in [-0.15, -0.1) is 0 Å². The Kier molecular flexibility index (Phi) is 5.85. The molecule has 5 heteroatoms. The van der Waals surface area contributed by atoms with Crippen molar-refractivity contribution in [2.75, 3.05) is 6.54 Å². The molecule has 0 aliphatic carbocycles. The maximum absolute atomic E-state index is 12.1. The minimum absolute atomic E-state index is 0.0276. The largest absolute Gasteiger partial charge is 0.349 e. The number of hydrogen-bond donors (Lipinski definition) is 2. The molecule has 1 aromatic heterocycles. The Labute approximate surface area is 109 Å². The molecule has 0 radical (unpaired) electrons. The predicted molar refractivity (Wildman–Crippen MR) is 72.5 cm³/mol. The fourth-order valence-corrected chi connectivity index (χ4v) is 1.89. The molecule has 0 saturated carbocycles. The second-order valence-corrected chi connectivity index (χ2v) is 4.50. The minimum atomic E-state index is -0.0276. The Hall–Kier alpha value is -1.36. The van der Waals surface area contributed by atoms with Gasteiger partial charge in [0.1, 0.15) is 0 Å². The van der Waals surface area contributed by atoms with Crippen LogP contribution in [-0.2, 0) is 6.54 Å². The van der Waals surface area contributed by atoms with Crippen molar-refractivity contribution in [2.24, 2.45) is 5.73 Å². The van der Waals surface area contributed by atoms with Crippen molar-refractivity contribution in [1.29, 1.82) is 0 Å². The molecule has 102 valence electrons. The zero-order valence-corrected chi connectivity index (χ0v) is 11.6. The third kappa shape index (κ3) is 3.57. The van der Waals surface area contributed by atoms with Crippen molar-refractivity contribution in [1.82, 2.24) is 15.1 Å². The molecular weight excluding hydrogens is 228 g/mol. The zero-order valence-electron chi connectivity index (χ0n) is 11.6. The minimum Gasteiger partial charge on any atom is -0.349 e. The first-order valence-electron chi connectivity index (χ1n) is 6.67. The zero-order chi connectivity index (χ0) is 13.5. The van der Waals surface area contributed by atoms with E-state index < -0.39 is 0 Å². The highest BCUT2D eigenvalue weighted by Crippen LogP contribution is 2.09. The van der Waals surface area contributed by atoms with Crippen LogP contribution in [0.15, 0.2) is 6.20 Å². The molecule has 0 fully saturated rings. The summed E-state index contributed by atoms with van der Waals surface area (Å²) >= 11 is 0. The van der Waals surface area contributed by atoms with Crippen molar-refractivity contribution < 1.29 is 4.79 Å². The third-order valence-corrected chi connectivity index (χ3v) is 3.24. The Morgan fingerprint density at radius 2 is 2.17 bits per heavy atom. The number of rotatable bonds is 7. The molecule has 1 heterocycles. The first-order valence-corrected chi connectivity index (χ1v) is 6.67. The molecule has 0 atom stereocenters. The highest BCUT2D eigenvalue weighted by atomic mass is 16.1. The number of carbonyl (C=O) groups excluding carboxylic acids is 1. The molecular formula is C13H24N4O. The fraction of sp³-hybridized carbons (Fsp3) is 0.692. The molecule has 0 aliphatic rings. The molecule has 0 aliphatic heterocycles. The monoisotopic (exact) mass is 252 g/mol. The third-order valence-electron chi connectivity index (χ3n) is 3.24. The van der Waals surface area contributed by atoms with Gasteiger partial charge in [0, 0.05) is 18.3 Å². The number of nitrogens with two attached hydrogens (primary N) is 1. The maximum atomic E-state index is 12.1. The van der Waals surface area contributed by atoms with Gasteiger partial charge in [-0.25, -0.2) is 0 Å². The Balaban J connectivity index is 2.71. The van der Waals surface area contributed by atoms with Crippen LogP contribution in [0.4, 0.5) is 0 Å². The van der Waals surface area contributed by atoms with Crippen LogP contribution in [0.25, 0.3) is 0 Å². The first kappa shape index (κ1) is 14.7. The summed E-state index contributed by atoms with van der Waals surface area (Å²) in [6.45, 7) is 7.47. The number of hydrogen-bond acceptors (Lipinski definition) is 3. The number of carbonyl (C=O) groups is 1. The van der Waals surface area contributed by atoms with Gasteiger partial charge in [-0.05, 0) is 32.7 Å². The lowest BCUT2D eigenvalue weighted by Crippen LogP contribution is -2.34. The van der Waals surface area contributed by atoms with Gasteiger partial charge < -0.3 is 11.1 Å². The SMILES string of the molecule is CCC(CC)NC(=O)c1cnn(CCCN)c1C. The van der Waals surface area contributed by atoms with Crippen LogP contribution in [0.2, 0.25) is 0 Å². The molecule has 1 aromatic rings. The van der Waals surface area contributed by atoms with Gasteiger partial charge in [0.25, 0.3) is 5.91 Å². The molecule has 0 spiro atoms. The van der Waals surface area contributed by atoms with Gasteiger partial charge in [0.05, 0.1) is 11.8 Å². The maximum Gasteiger partial charge on any atom is 0.254 e. The van der Waals surface area contributed by atoms with Gasteiger partial charge in [0.2, 0.25) is 0 Å². The Morgan fingerprint density at radius 3 is 2.72 bits per heavy atom. The van der Waals surface area contributed by atoms with E-state index in [1.807, 2.05) is 11.6 Å². The number of aryl methyl sites for hydroxylation is 1. The van der Waals surface area contributed by atoms with Crippen LogP contribution in [0.1, 0.15) is 49.2 Å². The molecule has 3 N–H and O–H groups in total. The summed E-state index contributed by atoms with van der Waals surface area (Å²) in [5.74, 6) is -0.0276. The van der Waals surface area contributed by atoms with E-state index in [0.29, 0.717) is 12.1 Å². The van der Waals surface area contributed by atoms with E-state index in [-0.39, 0.29) is 11.9 Å². The number of nitrogens with one attached hydrogen (secondary N) is 1. The van der Waals surface area contributed by atoms with Gasteiger partial charge in [-0.1, -0.05) is 13.8 Å². The van der Waals surface area contributed by atoms with Crippen LogP contribution >= 0.6 is 0 Å². The number of aromatic nitrogens is 2. The molecule has 0 unspecified atom stereocenters. The topological polar surface area (TPSA) is 72.9 Å². The van der Waals surface area contributed by atoms with Crippen LogP contribution in [0.5, 0.6) is 0 Å². The van der Waals surface area contributed by atoms with E-state index in [1.165, 1.54) is 0 Å². The normalized spacial score (nSPS) is 10.9. The lowest BCUT2D eigenvalue weighted by Gasteiger charge is -2.14. The van der Waals surface area contributed by atoms with Gasteiger partial charge in [-0.3, -0.25) is 9.48 Å². The lowest BCUT2D eigenvalue weighted by atomic mass is 10.1. The molecule has 18 heavy (non-hydrogen) atoms. The standard InChI is InChI=1S/C13H24N4O/c1-4-11(5-2)16-13(18)12-9-15-17(10(12)3)8-6-7-14/h9,11H,4-8,14H2,1-3H3,(H,16,18). The molecule has 1 amide bonds. The summed E-state index contributed by atoms with van der Waals surface area (Å²) in [4.78, 5) is 12.1. The van der Waals surface area contributed by atoms with Crippen molar-refractivity contribution in [3.63, 3.8) is 0 Å². The van der Waals surface area contributed by atoms with E-state index in [1.54, 1.807) is 6.20 Å². The predicted octanol–water partition coefficient (Wildman–Crippen LogP) is 1.46. The highest BCUT2D eigenvalue weighted by Gasteiger charge is 2.16. The van der Waals surface area contributed by atoms with Gasteiger partial charge >= 0.3 is 0 Å². The van der Waals surface area contributed by atoms with Crippen molar-refractivity contribution >= 4 is 5.91 Å². The Bertz CT molecular complexity index is 382. The summed E-state index contributed by atoms with van der Waals surface area (Å²) in [5, 5.41) is 7.26. The molecule has 0 saturated heterocycles.